The van der Waals surface area contributed by atoms with E-state index in [0.29, 0.717) is 33.5 Å². The zero-order chi connectivity index (χ0) is 25.4. The van der Waals surface area contributed by atoms with E-state index in [2.05, 4.69) is 20.8 Å². The topological polar surface area (TPSA) is 124 Å². The Kier molecular flexibility index (Phi) is 8.85. The van der Waals surface area contributed by atoms with Crippen molar-refractivity contribution < 1.29 is 23.9 Å². The van der Waals surface area contributed by atoms with E-state index in [1.54, 1.807) is 74.2 Å². The van der Waals surface area contributed by atoms with Crippen LogP contribution in [0, 0.1) is 0 Å². The van der Waals surface area contributed by atoms with Gasteiger partial charge in [0, 0.05) is 18.3 Å². The number of thioether (sulfide) groups is 1. The van der Waals surface area contributed by atoms with Crippen LogP contribution in [0.5, 0.6) is 5.75 Å². The van der Waals surface area contributed by atoms with Crippen molar-refractivity contribution in [2.45, 2.75) is 25.0 Å². The number of amides is 2. The average Bonchev–Trinajstić information content (AvgIpc) is 3.23. The molecule has 35 heavy (non-hydrogen) atoms. The van der Waals surface area contributed by atoms with E-state index in [9.17, 15) is 14.4 Å². The van der Waals surface area contributed by atoms with Crippen molar-refractivity contribution in [2.75, 3.05) is 24.8 Å². The summed E-state index contributed by atoms with van der Waals surface area (Å²) in [5.74, 6) is 0.348. The van der Waals surface area contributed by atoms with Gasteiger partial charge >= 0.3 is 5.97 Å². The smallest absolute Gasteiger partial charge is 0.338 e. The average molecular weight is 498 g/mol. The number of esters is 1. The second-order valence-corrected chi connectivity index (χ2v) is 8.40. The maximum Gasteiger partial charge on any atom is 0.338 e. The molecule has 0 unspecified atom stereocenters. The highest BCUT2D eigenvalue weighted by Crippen LogP contribution is 2.20. The number of carbonyl (C=O) groups excluding carboxylic acids is 3. The van der Waals surface area contributed by atoms with Crippen LogP contribution in [0.2, 0.25) is 0 Å². The number of ether oxygens (including phenoxy) is 2. The van der Waals surface area contributed by atoms with Crippen LogP contribution in [0.3, 0.4) is 0 Å². The van der Waals surface area contributed by atoms with E-state index in [1.807, 2.05) is 6.92 Å². The summed E-state index contributed by atoms with van der Waals surface area (Å²) in [5.41, 5.74) is 1.36. The zero-order valence-electron chi connectivity index (χ0n) is 19.9. The largest absolute Gasteiger partial charge is 0.497 e. The van der Waals surface area contributed by atoms with Crippen LogP contribution in [0.15, 0.2) is 53.7 Å². The first kappa shape index (κ1) is 25.8. The molecule has 0 saturated heterocycles. The molecule has 11 heteroatoms. The molecule has 1 heterocycles. The number of nitrogens with zero attached hydrogens (tertiary/aromatic N) is 3. The second-order valence-electron chi connectivity index (χ2n) is 7.46. The third-order valence-electron chi connectivity index (χ3n) is 4.95. The molecule has 2 aromatic carbocycles. The minimum absolute atomic E-state index is 0.0855. The molecule has 0 aliphatic rings. The number of carbonyl (C=O) groups is 3. The molecule has 3 rings (SSSR count). The number of rotatable bonds is 10. The van der Waals surface area contributed by atoms with Gasteiger partial charge in [0.1, 0.15) is 5.75 Å². The Morgan fingerprint density at radius 3 is 2.51 bits per heavy atom. The van der Waals surface area contributed by atoms with Crippen LogP contribution in [0.1, 0.15) is 46.4 Å². The van der Waals surface area contributed by atoms with Gasteiger partial charge in [-0.25, -0.2) is 4.79 Å². The zero-order valence-corrected chi connectivity index (χ0v) is 20.7. The maximum absolute atomic E-state index is 12.5. The summed E-state index contributed by atoms with van der Waals surface area (Å²) in [4.78, 5) is 36.8. The van der Waals surface area contributed by atoms with Crippen molar-refractivity contribution in [3.05, 3.63) is 65.5 Å². The number of methoxy groups -OCH3 is 1. The van der Waals surface area contributed by atoms with Crippen LogP contribution in [0.4, 0.5) is 5.69 Å². The molecule has 1 aromatic heterocycles. The molecule has 184 valence electrons. The van der Waals surface area contributed by atoms with E-state index in [4.69, 9.17) is 9.47 Å². The summed E-state index contributed by atoms with van der Waals surface area (Å²) in [6.45, 7) is 3.81. The summed E-state index contributed by atoms with van der Waals surface area (Å²) >= 11 is 1.21. The van der Waals surface area contributed by atoms with E-state index in [1.165, 1.54) is 11.8 Å². The summed E-state index contributed by atoms with van der Waals surface area (Å²) < 4.78 is 11.8. The van der Waals surface area contributed by atoms with Gasteiger partial charge in [-0.2, -0.15) is 0 Å². The summed E-state index contributed by atoms with van der Waals surface area (Å²) in [6.07, 6.45) is 0. The summed E-state index contributed by atoms with van der Waals surface area (Å²) in [7, 11) is 3.34. The molecule has 0 bridgehead atoms. The van der Waals surface area contributed by atoms with Gasteiger partial charge in [-0.15, -0.1) is 10.2 Å². The lowest BCUT2D eigenvalue weighted by Crippen LogP contribution is -2.28. The minimum Gasteiger partial charge on any atom is -0.497 e. The number of anilines is 1. The molecule has 0 fully saturated rings. The van der Waals surface area contributed by atoms with Gasteiger partial charge in [0.05, 0.1) is 31.1 Å². The first-order valence-corrected chi connectivity index (χ1v) is 11.8. The van der Waals surface area contributed by atoms with Crippen LogP contribution in [0.25, 0.3) is 0 Å². The van der Waals surface area contributed by atoms with Crippen LogP contribution >= 0.6 is 11.8 Å². The van der Waals surface area contributed by atoms with Crippen LogP contribution < -0.4 is 15.4 Å². The summed E-state index contributed by atoms with van der Waals surface area (Å²) in [6, 6.07) is 12.9. The second kappa shape index (κ2) is 12.0. The molecule has 10 nitrogen and oxygen atoms in total. The van der Waals surface area contributed by atoms with E-state index < -0.39 is 12.0 Å². The number of aromatic nitrogens is 3. The number of hydrogen-bond acceptors (Lipinski definition) is 8. The molecule has 0 aliphatic carbocycles. The van der Waals surface area contributed by atoms with Crippen molar-refractivity contribution in [1.82, 2.24) is 20.1 Å². The molecule has 0 spiro atoms. The standard InChI is InChI=1S/C24H27N5O5S/c1-5-34-23(32)17-7-6-8-18(13-17)26-20(30)14-35-24-28-27-21(29(24)3)15(2)25-22(31)16-9-11-19(33-4)12-10-16/h6-13,15H,5,14H2,1-4H3,(H,25,31)(H,26,30)/t15-/m1/s1. The Bertz CT molecular complexity index is 1200. The van der Waals surface area contributed by atoms with E-state index in [-0.39, 0.29) is 24.2 Å². The molecule has 2 amide bonds. The summed E-state index contributed by atoms with van der Waals surface area (Å²) in [5, 5.41) is 14.5. The molecular weight excluding hydrogens is 470 g/mol. The number of benzene rings is 2. The first-order valence-electron chi connectivity index (χ1n) is 10.9. The van der Waals surface area contributed by atoms with Gasteiger partial charge in [0.2, 0.25) is 5.91 Å². The third kappa shape index (κ3) is 6.82. The van der Waals surface area contributed by atoms with Crippen molar-refractivity contribution in [2.24, 2.45) is 7.05 Å². The highest BCUT2D eigenvalue weighted by Gasteiger charge is 2.19. The van der Waals surface area contributed by atoms with Gasteiger partial charge in [0.15, 0.2) is 11.0 Å². The normalized spacial score (nSPS) is 11.4. The lowest BCUT2D eigenvalue weighted by molar-refractivity contribution is -0.113. The van der Waals surface area contributed by atoms with Crippen molar-refractivity contribution in [3.63, 3.8) is 0 Å². The van der Waals surface area contributed by atoms with Gasteiger partial charge in [-0.05, 0) is 56.3 Å². The predicted molar refractivity (Wildman–Crippen MR) is 132 cm³/mol. The van der Waals surface area contributed by atoms with Crippen molar-refractivity contribution in [1.29, 1.82) is 0 Å². The van der Waals surface area contributed by atoms with E-state index >= 15 is 0 Å². The first-order chi connectivity index (χ1) is 16.8. The Morgan fingerprint density at radius 2 is 1.83 bits per heavy atom. The maximum atomic E-state index is 12.5. The molecule has 0 radical (unpaired) electrons. The lowest BCUT2D eigenvalue weighted by atomic mass is 10.2. The van der Waals surface area contributed by atoms with Crippen LogP contribution in [-0.2, 0) is 16.6 Å². The van der Waals surface area contributed by atoms with Gasteiger partial charge in [-0.3, -0.25) is 9.59 Å². The fourth-order valence-corrected chi connectivity index (χ4v) is 3.90. The van der Waals surface area contributed by atoms with E-state index in [0.717, 1.165) is 0 Å². The molecule has 0 aliphatic heterocycles. The quantitative estimate of drug-likeness (QED) is 0.323. The third-order valence-corrected chi connectivity index (χ3v) is 5.97. The Hall–Kier alpha value is -3.86. The number of hydrogen-bond donors (Lipinski definition) is 2. The van der Waals surface area contributed by atoms with Crippen molar-refractivity contribution >= 4 is 35.2 Å². The molecular formula is C24H27N5O5S. The highest BCUT2D eigenvalue weighted by molar-refractivity contribution is 7.99. The Labute approximate surface area is 207 Å². The lowest BCUT2D eigenvalue weighted by Gasteiger charge is -2.14. The van der Waals surface area contributed by atoms with Gasteiger partial charge < -0.3 is 24.7 Å². The fourth-order valence-electron chi connectivity index (χ4n) is 3.18. The molecule has 1 atom stereocenters. The molecule has 3 aromatic rings. The predicted octanol–water partition coefficient (Wildman–Crippen LogP) is 3.22. The SMILES string of the molecule is CCOC(=O)c1cccc(NC(=O)CSc2nnc([C@@H](C)NC(=O)c3ccc(OC)cc3)n2C)c1. The molecule has 0 saturated carbocycles. The van der Waals surface area contributed by atoms with Crippen molar-refractivity contribution in [3.8, 4) is 5.75 Å². The fraction of sp³-hybridized carbons (Fsp3) is 0.292. The number of nitrogens with one attached hydrogen (secondary N) is 2. The van der Waals surface area contributed by atoms with Crippen LogP contribution in [-0.4, -0.2) is 52.0 Å². The van der Waals surface area contributed by atoms with Gasteiger partial charge in [0.25, 0.3) is 5.91 Å². The highest BCUT2D eigenvalue weighted by atomic mass is 32.2. The monoisotopic (exact) mass is 497 g/mol. The minimum atomic E-state index is -0.446. The Morgan fingerprint density at radius 1 is 1.09 bits per heavy atom. The molecule has 2 N–H and O–H groups in total. The Balaban J connectivity index is 1.56. The van der Waals surface area contributed by atoms with Gasteiger partial charge in [-0.1, -0.05) is 17.8 Å².